The van der Waals surface area contributed by atoms with Gasteiger partial charge in [0, 0.05) is 31.7 Å². The summed E-state index contributed by atoms with van der Waals surface area (Å²) in [6, 6.07) is 0.236. The van der Waals surface area contributed by atoms with Crippen molar-refractivity contribution < 1.29 is 17.9 Å². The molecule has 0 unspecified atom stereocenters. The molecule has 0 bridgehead atoms. The normalized spacial score (nSPS) is 24.3. The van der Waals surface area contributed by atoms with Gasteiger partial charge in [0.25, 0.3) is 0 Å². The smallest absolute Gasteiger partial charge is 0.233 e. The Morgan fingerprint density at radius 1 is 1.26 bits per heavy atom. The first-order valence-corrected chi connectivity index (χ1v) is 12.4. The van der Waals surface area contributed by atoms with Crippen LogP contribution in [0.5, 0.6) is 0 Å². The third-order valence-electron chi connectivity index (χ3n) is 5.38. The Bertz CT molecular complexity index is 802. The van der Waals surface area contributed by atoms with Gasteiger partial charge in [0.2, 0.25) is 5.91 Å². The highest BCUT2D eigenvalue weighted by molar-refractivity contribution is 7.99. The maximum atomic E-state index is 12.9. The second-order valence-corrected chi connectivity index (χ2v) is 10.8. The van der Waals surface area contributed by atoms with Crippen LogP contribution < -0.4 is 0 Å². The Balaban J connectivity index is 1.42. The molecule has 1 atom stereocenters. The van der Waals surface area contributed by atoms with Crippen LogP contribution in [0.3, 0.4) is 0 Å². The number of rotatable bonds is 9. The lowest BCUT2D eigenvalue weighted by Crippen LogP contribution is -2.44. The van der Waals surface area contributed by atoms with E-state index in [1.54, 1.807) is 12.0 Å². The van der Waals surface area contributed by atoms with E-state index in [1.165, 1.54) is 24.6 Å². The molecule has 0 radical (unpaired) electrons. The van der Waals surface area contributed by atoms with Crippen LogP contribution >= 0.6 is 11.8 Å². The number of hydrogen-bond acceptors (Lipinski definition) is 7. The van der Waals surface area contributed by atoms with E-state index in [0.717, 1.165) is 23.8 Å². The Morgan fingerprint density at radius 3 is 2.63 bits per heavy atom. The van der Waals surface area contributed by atoms with Crippen molar-refractivity contribution >= 4 is 27.5 Å². The van der Waals surface area contributed by atoms with Gasteiger partial charge in [-0.1, -0.05) is 11.8 Å². The molecular formula is C17H26N4O4S2. The molecule has 3 aliphatic rings. The average Bonchev–Trinajstić information content (AvgIpc) is 3.56. The number of carbonyl (C=O) groups excluding carboxylic acids is 1. The third-order valence-corrected chi connectivity index (χ3v) is 8.05. The molecule has 1 amide bonds. The maximum absolute atomic E-state index is 12.9. The highest BCUT2D eigenvalue weighted by Gasteiger charge is 2.37. The molecule has 27 heavy (non-hydrogen) atoms. The lowest BCUT2D eigenvalue weighted by molar-refractivity contribution is -0.130. The minimum Gasteiger partial charge on any atom is -0.383 e. The van der Waals surface area contributed by atoms with Gasteiger partial charge in [0.15, 0.2) is 15.0 Å². The molecule has 8 nitrogen and oxygen atoms in total. The predicted octanol–water partition coefficient (Wildman–Crippen LogP) is 1.24. The predicted molar refractivity (Wildman–Crippen MR) is 102 cm³/mol. The SMILES string of the molecule is COCCN(C(=O)CSc1nnc(C2CC2)n1C1CC1)[C@@H]1CCS(=O)(=O)C1. The van der Waals surface area contributed by atoms with Gasteiger partial charge in [-0.25, -0.2) is 8.42 Å². The minimum atomic E-state index is -3.04. The van der Waals surface area contributed by atoms with Gasteiger partial charge >= 0.3 is 0 Å². The molecule has 0 aromatic carbocycles. The molecule has 2 aliphatic carbocycles. The van der Waals surface area contributed by atoms with Crippen LogP contribution in [-0.4, -0.2) is 77.6 Å². The van der Waals surface area contributed by atoms with E-state index in [0.29, 0.717) is 31.5 Å². The topological polar surface area (TPSA) is 94.4 Å². The van der Waals surface area contributed by atoms with E-state index < -0.39 is 9.84 Å². The molecule has 10 heteroatoms. The van der Waals surface area contributed by atoms with Crippen LogP contribution in [0, 0.1) is 0 Å². The van der Waals surface area contributed by atoms with Crippen molar-refractivity contribution in [2.45, 2.75) is 55.3 Å². The lowest BCUT2D eigenvalue weighted by Gasteiger charge is -2.28. The summed E-state index contributed by atoms with van der Waals surface area (Å²) in [5.41, 5.74) is 0. The van der Waals surface area contributed by atoms with Gasteiger partial charge in [-0.15, -0.1) is 10.2 Å². The summed E-state index contributed by atoms with van der Waals surface area (Å²) < 4.78 is 31.0. The van der Waals surface area contributed by atoms with E-state index in [2.05, 4.69) is 14.8 Å². The highest BCUT2D eigenvalue weighted by atomic mass is 32.2. The second kappa shape index (κ2) is 7.71. The molecule has 2 saturated carbocycles. The largest absolute Gasteiger partial charge is 0.383 e. The molecular weight excluding hydrogens is 388 g/mol. The van der Waals surface area contributed by atoms with E-state index >= 15 is 0 Å². The van der Waals surface area contributed by atoms with Gasteiger partial charge in [0.05, 0.1) is 23.9 Å². The highest BCUT2D eigenvalue weighted by Crippen LogP contribution is 2.46. The van der Waals surface area contributed by atoms with Crippen LogP contribution in [0.4, 0.5) is 0 Å². The minimum absolute atomic E-state index is 0.0528. The molecule has 0 spiro atoms. The first kappa shape index (κ1) is 19.2. The summed E-state index contributed by atoms with van der Waals surface area (Å²) in [7, 11) is -1.46. The van der Waals surface area contributed by atoms with Gasteiger partial charge in [0.1, 0.15) is 5.82 Å². The van der Waals surface area contributed by atoms with Gasteiger partial charge < -0.3 is 14.2 Å². The fourth-order valence-electron chi connectivity index (χ4n) is 3.61. The molecule has 4 rings (SSSR count). The van der Waals surface area contributed by atoms with Crippen molar-refractivity contribution in [3.8, 4) is 0 Å². The van der Waals surface area contributed by atoms with E-state index in [1.807, 2.05) is 0 Å². The van der Waals surface area contributed by atoms with Crippen LogP contribution in [0.25, 0.3) is 0 Å². The third kappa shape index (κ3) is 4.48. The molecule has 1 aromatic heterocycles. The maximum Gasteiger partial charge on any atom is 0.233 e. The summed E-state index contributed by atoms with van der Waals surface area (Å²) in [5, 5.41) is 9.53. The van der Waals surface area contributed by atoms with Crippen LogP contribution in [-0.2, 0) is 19.4 Å². The molecule has 2 heterocycles. The van der Waals surface area contributed by atoms with Crippen molar-refractivity contribution in [1.29, 1.82) is 0 Å². The van der Waals surface area contributed by atoms with Crippen molar-refractivity contribution in [2.75, 3.05) is 37.5 Å². The Hall–Kier alpha value is -1.13. The summed E-state index contributed by atoms with van der Waals surface area (Å²) in [4.78, 5) is 14.5. The molecule has 3 fully saturated rings. The number of ether oxygens (including phenoxy) is 1. The fraction of sp³-hybridized carbons (Fsp3) is 0.824. The lowest BCUT2D eigenvalue weighted by atomic mass is 10.2. The number of hydrogen-bond donors (Lipinski definition) is 0. The van der Waals surface area contributed by atoms with E-state index in [4.69, 9.17) is 4.74 Å². The van der Waals surface area contributed by atoms with Crippen molar-refractivity contribution in [1.82, 2.24) is 19.7 Å². The van der Waals surface area contributed by atoms with Crippen LogP contribution in [0.2, 0.25) is 0 Å². The zero-order chi connectivity index (χ0) is 19.0. The van der Waals surface area contributed by atoms with Gasteiger partial charge in [-0.3, -0.25) is 4.79 Å². The monoisotopic (exact) mass is 414 g/mol. The summed E-state index contributed by atoms with van der Waals surface area (Å²) in [6.07, 6.45) is 5.16. The number of aromatic nitrogens is 3. The zero-order valence-corrected chi connectivity index (χ0v) is 17.2. The molecule has 1 saturated heterocycles. The van der Waals surface area contributed by atoms with Crippen LogP contribution in [0.1, 0.15) is 49.9 Å². The quantitative estimate of drug-likeness (QED) is 0.561. The standard InChI is InChI=1S/C17H26N4O4S2/c1-25-8-7-20(14-6-9-27(23,24)11-14)15(22)10-26-17-19-18-16(12-2-3-12)21(17)13-4-5-13/h12-14H,2-11H2,1H3/t14-/m1/s1. The van der Waals surface area contributed by atoms with Crippen LogP contribution in [0.15, 0.2) is 5.16 Å². The fourth-order valence-corrected chi connectivity index (χ4v) is 6.24. The van der Waals surface area contributed by atoms with E-state index in [9.17, 15) is 13.2 Å². The Kier molecular flexibility index (Phi) is 5.48. The number of thioether (sulfide) groups is 1. The Labute approximate surface area is 163 Å². The van der Waals surface area contributed by atoms with Crippen molar-refractivity contribution in [3.63, 3.8) is 0 Å². The summed E-state index contributed by atoms with van der Waals surface area (Å²) >= 11 is 1.42. The number of amides is 1. The molecule has 0 N–H and O–H groups in total. The molecule has 1 aliphatic heterocycles. The summed E-state index contributed by atoms with van der Waals surface area (Å²) in [5.74, 6) is 2.00. The van der Waals surface area contributed by atoms with Crippen molar-refractivity contribution in [3.05, 3.63) is 5.82 Å². The second-order valence-electron chi connectivity index (χ2n) is 7.64. The first-order chi connectivity index (χ1) is 13.0. The number of methoxy groups -OCH3 is 1. The Morgan fingerprint density at radius 2 is 2.04 bits per heavy atom. The summed E-state index contributed by atoms with van der Waals surface area (Å²) in [6.45, 7) is 0.815. The zero-order valence-electron chi connectivity index (χ0n) is 15.5. The number of sulfone groups is 1. The van der Waals surface area contributed by atoms with Gasteiger partial charge in [-0.05, 0) is 32.1 Å². The number of nitrogens with zero attached hydrogens (tertiary/aromatic N) is 4. The van der Waals surface area contributed by atoms with E-state index in [-0.39, 0.29) is 29.2 Å². The van der Waals surface area contributed by atoms with Crippen molar-refractivity contribution in [2.24, 2.45) is 0 Å². The van der Waals surface area contributed by atoms with Gasteiger partial charge in [-0.2, -0.15) is 0 Å². The average molecular weight is 415 g/mol. The number of carbonyl (C=O) groups is 1. The molecule has 150 valence electrons. The first-order valence-electron chi connectivity index (χ1n) is 9.55. The molecule has 1 aromatic rings.